The summed E-state index contributed by atoms with van der Waals surface area (Å²) in [6.45, 7) is -0.732. The predicted molar refractivity (Wildman–Crippen MR) is 79.7 cm³/mol. The molecule has 0 bridgehead atoms. The number of nitrogens with one attached hydrogen (secondary N) is 3. The summed E-state index contributed by atoms with van der Waals surface area (Å²) >= 11 is 3.85. The first-order valence-electron chi connectivity index (χ1n) is 6.33. The van der Waals surface area contributed by atoms with Crippen molar-refractivity contribution in [2.24, 2.45) is 5.73 Å². The molecule has 0 aromatic carbocycles. The van der Waals surface area contributed by atoms with Gasteiger partial charge in [-0.2, -0.15) is 12.6 Å². The van der Waals surface area contributed by atoms with E-state index in [0.29, 0.717) is 0 Å². The van der Waals surface area contributed by atoms with E-state index in [-0.39, 0.29) is 12.3 Å². The van der Waals surface area contributed by atoms with Gasteiger partial charge in [-0.25, -0.2) is 4.79 Å². The maximum atomic E-state index is 11.9. The molecule has 0 aliphatic rings. The van der Waals surface area contributed by atoms with Gasteiger partial charge in [0.1, 0.15) is 12.1 Å². The zero-order valence-corrected chi connectivity index (χ0v) is 12.8. The second kappa shape index (κ2) is 10.4. The molecule has 0 aromatic heterocycles. The minimum absolute atomic E-state index is 0.165. The van der Waals surface area contributed by atoms with E-state index in [4.69, 9.17) is 15.9 Å². The summed E-state index contributed by atoms with van der Waals surface area (Å²) in [5.74, 6) is -5.30. The Morgan fingerprint density at radius 3 is 2.04 bits per heavy atom. The second-order valence-electron chi connectivity index (χ2n) is 4.28. The minimum Gasteiger partial charge on any atom is -0.481 e. The van der Waals surface area contributed by atoms with E-state index in [1.54, 1.807) is 0 Å². The first kappa shape index (κ1) is 20.7. The van der Waals surface area contributed by atoms with Gasteiger partial charge in [-0.1, -0.05) is 0 Å². The Balaban J connectivity index is 4.60. The fourth-order valence-electron chi connectivity index (χ4n) is 1.34. The predicted octanol–water partition coefficient (Wildman–Crippen LogP) is -3.48. The third-order valence-corrected chi connectivity index (χ3v) is 2.82. The van der Waals surface area contributed by atoms with Gasteiger partial charge in [-0.3, -0.25) is 19.2 Å². The van der Waals surface area contributed by atoms with Gasteiger partial charge >= 0.3 is 11.9 Å². The number of amides is 3. The molecule has 0 rings (SSSR count). The van der Waals surface area contributed by atoms with Crippen molar-refractivity contribution in [3.05, 3.63) is 0 Å². The van der Waals surface area contributed by atoms with E-state index < -0.39 is 54.7 Å². The van der Waals surface area contributed by atoms with Gasteiger partial charge in [0.05, 0.1) is 19.5 Å². The number of nitrogens with two attached hydrogens (primary N) is 1. The Labute approximate surface area is 136 Å². The van der Waals surface area contributed by atoms with Crippen LogP contribution in [0.15, 0.2) is 0 Å². The monoisotopic (exact) mass is 350 g/mol. The van der Waals surface area contributed by atoms with Crippen molar-refractivity contribution in [1.29, 1.82) is 0 Å². The lowest BCUT2D eigenvalue weighted by Gasteiger charge is -2.19. The number of hydrogen-bond acceptors (Lipinski definition) is 7. The normalized spacial score (nSPS) is 12.6. The summed E-state index contributed by atoms with van der Waals surface area (Å²) in [5.41, 5.74) is 5.03. The molecule has 0 aromatic rings. The molecule has 3 amide bonds. The molecule has 0 heterocycles. The Bertz CT molecular complexity index is 485. The number of carboxylic acid groups (broad SMARTS) is 2. The van der Waals surface area contributed by atoms with Gasteiger partial charge < -0.3 is 31.9 Å². The van der Waals surface area contributed by atoms with Crippen molar-refractivity contribution in [2.75, 3.05) is 18.8 Å². The summed E-state index contributed by atoms with van der Waals surface area (Å²) < 4.78 is 0. The molecule has 0 saturated heterocycles. The standard InChI is InChI=1S/C11H18N4O7S/c12-2-7(16)13-3-8(17)14-6(4-23)10(20)15-5(11(21)22)1-9(18)19/h5-6,23H,1-4,12H2,(H,13,16)(H,14,17)(H,15,20)(H,18,19)(H,21,22). The molecule has 11 nitrogen and oxygen atoms in total. The van der Waals surface area contributed by atoms with Crippen LogP contribution in [0.1, 0.15) is 6.42 Å². The van der Waals surface area contributed by atoms with E-state index in [1.807, 2.05) is 5.32 Å². The largest absolute Gasteiger partial charge is 0.481 e. The number of rotatable bonds is 10. The van der Waals surface area contributed by atoms with Crippen LogP contribution in [0.3, 0.4) is 0 Å². The lowest BCUT2D eigenvalue weighted by atomic mass is 10.2. The zero-order chi connectivity index (χ0) is 18.0. The molecule has 0 aliphatic heterocycles. The number of carboxylic acids is 2. The molecule has 12 heteroatoms. The zero-order valence-electron chi connectivity index (χ0n) is 11.9. The van der Waals surface area contributed by atoms with Gasteiger partial charge in [0.25, 0.3) is 0 Å². The van der Waals surface area contributed by atoms with Crippen molar-refractivity contribution < 1.29 is 34.2 Å². The molecule has 0 fully saturated rings. The Morgan fingerprint density at radius 1 is 1.00 bits per heavy atom. The lowest BCUT2D eigenvalue weighted by Crippen LogP contribution is -2.54. The molecule has 23 heavy (non-hydrogen) atoms. The Kier molecular flexibility index (Phi) is 9.34. The van der Waals surface area contributed by atoms with E-state index in [2.05, 4.69) is 23.3 Å². The van der Waals surface area contributed by atoms with Crippen LogP contribution in [0, 0.1) is 0 Å². The van der Waals surface area contributed by atoms with Crippen LogP contribution in [0.2, 0.25) is 0 Å². The lowest BCUT2D eigenvalue weighted by molar-refractivity contribution is -0.147. The van der Waals surface area contributed by atoms with E-state index in [9.17, 15) is 24.0 Å². The number of aliphatic carboxylic acids is 2. The molecule has 0 aliphatic carbocycles. The van der Waals surface area contributed by atoms with Crippen LogP contribution in [0.5, 0.6) is 0 Å². The molecule has 2 unspecified atom stereocenters. The topological polar surface area (TPSA) is 188 Å². The average molecular weight is 350 g/mol. The van der Waals surface area contributed by atoms with Crippen LogP contribution in [-0.4, -0.2) is 70.8 Å². The molecular weight excluding hydrogens is 332 g/mol. The van der Waals surface area contributed by atoms with E-state index >= 15 is 0 Å². The van der Waals surface area contributed by atoms with Crippen molar-refractivity contribution in [3.8, 4) is 0 Å². The van der Waals surface area contributed by atoms with Crippen LogP contribution >= 0.6 is 12.6 Å². The number of thiol groups is 1. The number of hydrogen-bond donors (Lipinski definition) is 7. The number of carbonyl (C=O) groups excluding carboxylic acids is 3. The first-order valence-corrected chi connectivity index (χ1v) is 6.96. The molecule has 2 atom stereocenters. The van der Waals surface area contributed by atoms with Crippen molar-refractivity contribution in [3.63, 3.8) is 0 Å². The van der Waals surface area contributed by atoms with Crippen molar-refractivity contribution >= 4 is 42.3 Å². The fourth-order valence-corrected chi connectivity index (χ4v) is 1.59. The summed E-state index contributed by atoms with van der Waals surface area (Å²) in [5, 5.41) is 23.8. The second-order valence-corrected chi connectivity index (χ2v) is 4.65. The Morgan fingerprint density at radius 2 is 1.61 bits per heavy atom. The summed E-state index contributed by atoms with van der Waals surface area (Å²) in [6.07, 6.45) is -0.819. The van der Waals surface area contributed by atoms with Crippen LogP contribution in [0.25, 0.3) is 0 Å². The Hall–Kier alpha value is -2.34. The van der Waals surface area contributed by atoms with Gasteiger partial charge in [-0.05, 0) is 0 Å². The van der Waals surface area contributed by atoms with Gasteiger partial charge in [0, 0.05) is 5.75 Å². The summed E-state index contributed by atoms with van der Waals surface area (Å²) in [4.78, 5) is 55.7. The van der Waals surface area contributed by atoms with Crippen LogP contribution in [-0.2, 0) is 24.0 Å². The molecule has 7 N–H and O–H groups in total. The highest BCUT2D eigenvalue weighted by atomic mass is 32.1. The van der Waals surface area contributed by atoms with Gasteiger partial charge in [0.2, 0.25) is 17.7 Å². The van der Waals surface area contributed by atoms with Gasteiger partial charge in [0.15, 0.2) is 0 Å². The summed E-state index contributed by atoms with van der Waals surface area (Å²) in [7, 11) is 0. The van der Waals surface area contributed by atoms with E-state index in [1.165, 1.54) is 0 Å². The molecule has 0 radical (unpaired) electrons. The maximum Gasteiger partial charge on any atom is 0.326 e. The third-order valence-electron chi connectivity index (χ3n) is 2.46. The van der Waals surface area contributed by atoms with Gasteiger partial charge in [-0.15, -0.1) is 0 Å². The highest BCUT2D eigenvalue weighted by molar-refractivity contribution is 7.80. The van der Waals surface area contributed by atoms with E-state index in [0.717, 1.165) is 0 Å². The fraction of sp³-hybridized carbons (Fsp3) is 0.545. The summed E-state index contributed by atoms with van der Waals surface area (Å²) in [6, 6.07) is -2.84. The highest BCUT2D eigenvalue weighted by Gasteiger charge is 2.27. The highest BCUT2D eigenvalue weighted by Crippen LogP contribution is 1.96. The molecule has 0 saturated carbocycles. The average Bonchev–Trinajstić information content (AvgIpc) is 2.48. The molecular formula is C11H18N4O7S. The van der Waals surface area contributed by atoms with Crippen LogP contribution < -0.4 is 21.7 Å². The SMILES string of the molecule is NCC(=O)NCC(=O)NC(CS)C(=O)NC(CC(=O)O)C(=O)O. The van der Waals surface area contributed by atoms with Crippen molar-refractivity contribution in [2.45, 2.75) is 18.5 Å². The molecule has 0 spiro atoms. The number of carbonyl (C=O) groups is 5. The smallest absolute Gasteiger partial charge is 0.326 e. The van der Waals surface area contributed by atoms with Crippen molar-refractivity contribution in [1.82, 2.24) is 16.0 Å². The van der Waals surface area contributed by atoms with Crippen LogP contribution in [0.4, 0.5) is 0 Å². The quantitative estimate of drug-likeness (QED) is 0.198. The first-order chi connectivity index (χ1) is 10.7. The molecule has 130 valence electrons. The third kappa shape index (κ3) is 8.63. The minimum atomic E-state index is -1.64. The maximum absolute atomic E-state index is 11.9.